The smallest absolute Gasteiger partial charge is 0.257 e. The lowest BCUT2D eigenvalue weighted by Gasteiger charge is -2.19. The number of hydrogen-bond donors (Lipinski definition) is 2. The Morgan fingerprint density at radius 1 is 1.47 bits per heavy atom. The topological polar surface area (TPSA) is 74.8 Å². The highest BCUT2D eigenvalue weighted by molar-refractivity contribution is 9.09. The first-order valence-electron chi connectivity index (χ1n) is 5.63. The molecule has 0 saturated heterocycles. The van der Waals surface area contributed by atoms with Gasteiger partial charge in [-0.25, -0.2) is 18.1 Å². The zero-order valence-corrected chi connectivity index (χ0v) is 12.4. The van der Waals surface area contributed by atoms with Gasteiger partial charge in [0, 0.05) is 11.4 Å². The van der Waals surface area contributed by atoms with Crippen molar-refractivity contribution in [3.8, 4) is 0 Å². The van der Waals surface area contributed by atoms with E-state index in [4.69, 9.17) is 0 Å². The normalized spacial score (nSPS) is 14.1. The van der Waals surface area contributed by atoms with E-state index in [0.29, 0.717) is 12.5 Å². The minimum Gasteiger partial charge on any atom is -0.335 e. The number of sulfonamides is 1. The molecule has 0 radical (unpaired) electrons. The first kappa shape index (κ1) is 14.7. The molecule has 0 aliphatic heterocycles. The molecule has 1 atom stereocenters. The average molecular weight is 324 g/mol. The number of alkyl halides is 1. The molecule has 0 spiro atoms. The zero-order chi connectivity index (χ0) is 12.9. The van der Waals surface area contributed by atoms with Crippen LogP contribution >= 0.6 is 15.9 Å². The van der Waals surface area contributed by atoms with E-state index in [0.717, 1.165) is 12.8 Å². The molecule has 98 valence electrons. The number of nitrogens with zero attached hydrogens (tertiary/aromatic N) is 1. The lowest BCUT2D eigenvalue weighted by Crippen LogP contribution is -2.33. The molecule has 2 N–H and O–H groups in total. The molecule has 0 amide bonds. The predicted molar refractivity (Wildman–Crippen MR) is 70.6 cm³/mol. The SMILES string of the molecule is CCC(CC)C(Br)CNS(=O)(=O)c1cnc[nH]1. The number of rotatable bonds is 7. The summed E-state index contributed by atoms with van der Waals surface area (Å²) in [5, 5.41) is 0.0988. The maximum absolute atomic E-state index is 11.8. The van der Waals surface area contributed by atoms with E-state index in [1.54, 1.807) is 0 Å². The number of nitrogens with one attached hydrogen (secondary N) is 2. The lowest BCUT2D eigenvalue weighted by molar-refractivity contribution is 0.470. The van der Waals surface area contributed by atoms with Gasteiger partial charge in [-0.2, -0.15) is 0 Å². The predicted octanol–water partition coefficient (Wildman–Crippen LogP) is 1.89. The Kier molecular flexibility index (Phi) is 5.61. The van der Waals surface area contributed by atoms with Crippen molar-refractivity contribution >= 4 is 26.0 Å². The van der Waals surface area contributed by atoms with Gasteiger partial charge in [0.2, 0.25) is 0 Å². The van der Waals surface area contributed by atoms with Gasteiger partial charge in [0.1, 0.15) is 0 Å². The Balaban J connectivity index is 2.56. The quantitative estimate of drug-likeness (QED) is 0.752. The summed E-state index contributed by atoms with van der Waals surface area (Å²) in [5.74, 6) is 0.472. The number of H-pyrrole nitrogens is 1. The minimum absolute atomic E-state index is 0.0988. The highest BCUT2D eigenvalue weighted by Crippen LogP contribution is 2.19. The molecule has 7 heteroatoms. The molecule has 5 nitrogen and oxygen atoms in total. The fraction of sp³-hybridized carbons (Fsp3) is 0.700. The zero-order valence-electron chi connectivity index (χ0n) is 9.98. The molecular formula is C10H18BrN3O2S. The average Bonchev–Trinajstić information content (AvgIpc) is 2.82. The van der Waals surface area contributed by atoms with Gasteiger partial charge in [-0.3, -0.25) is 0 Å². The van der Waals surface area contributed by atoms with Crippen LogP contribution in [-0.2, 0) is 10.0 Å². The first-order valence-corrected chi connectivity index (χ1v) is 8.03. The largest absolute Gasteiger partial charge is 0.335 e. The summed E-state index contributed by atoms with van der Waals surface area (Å²) in [6, 6.07) is 0. The van der Waals surface area contributed by atoms with Crippen LogP contribution < -0.4 is 4.72 Å². The second kappa shape index (κ2) is 6.51. The van der Waals surface area contributed by atoms with Crippen LogP contribution in [0.25, 0.3) is 0 Å². The maximum Gasteiger partial charge on any atom is 0.257 e. The highest BCUT2D eigenvalue weighted by Gasteiger charge is 2.20. The van der Waals surface area contributed by atoms with Crippen molar-refractivity contribution in [3.63, 3.8) is 0 Å². The van der Waals surface area contributed by atoms with Crippen LogP contribution in [0.2, 0.25) is 0 Å². The van der Waals surface area contributed by atoms with Gasteiger partial charge >= 0.3 is 0 Å². The third-order valence-corrected chi connectivity index (χ3v) is 5.21. The van der Waals surface area contributed by atoms with Crippen molar-refractivity contribution in [2.75, 3.05) is 6.54 Å². The van der Waals surface area contributed by atoms with Crippen molar-refractivity contribution in [1.82, 2.24) is 14.7 Å². The van der Waals surface area contributed by atoms with Crippen LogP contribution in [0.1, 0.15) is 26.7 Å². The lowest BCUT2D eigenvalue weighted by atomic mass is 10.00. The maximum atomic E-state index is 11.8. The van der Waals surface area contributed by atoms with Crippen molar-refractivity contribution < 1.29 is 8.42 Å². The fourth-order valence-corrected chi connectivity index (χ4v) is 3.71. The summed E-state index contributed by atoms with van der Waals surface area (Å²) in [7, 11) is -3.46. The third-order valence-electron chi connectivity index (χ3n) is 2.79. The second-order valence-corrected chi connectivity index (χ2v) is 6.77. The van der Waals surface area contributed by atoms with Crippen molar-refractivity contribution in [3.05, 3.63) is 12.5 Å². The Hall–Kier alpha value is -0.400. The van der Waals surface area contributed by atoms with Gasteiger partial charge in [0.15, 0.2) is 5.03 Å². The Morgan fingerprint density at radius 2 is 2.12 bits per heavy atom. The fourth-order valence-electron chi connectivity index (χ4n) is 1.62. The molecule has 0 fully saturated rings. The summed E-state index contributed by atoms with van der Waals surface area (Å²) < 4.78 is 26.2. The number of hydrogen-bond acceptors (Lipinski definition) is 3. The number of aromatic amines is 1. The van der Waals surface area contributed by atoms with E-state index < -0.39 is 10.0 Å². The van der Waals surface area contributed by atoms with E-state index in [9.17, 15) is 8.42 Å². The van der Waals surface area contributed by atoms with E-state index in [-0.39, 0.29) is 9.85 Å². The van der Waals surface area contributed by atoms with Gasteiger partial charge in [-0.05, 0) is 5.92 Å². The molecule has 0 aliphatic rings. The van der Waals surface area contributed by atoms with Crippen LogP contribution in [0, 0.1) is 5.92 Å². The van der Waals surface area contributed by atoms with Crippen LogP contribution in [0.5, 0.6) is 0 Å². The Labute approximate surface area is 111 Å². The van der Waals surface area contributed by atoms with Crippen LogP contribution in [0.4, 0.5) is 0 Å². The van der Waals surface area contributed by atoms with E-state index in [1.807, 2.05) is 0 Å². The Morgan fingerprint density at radius 3 is 2.59 bits per heavy atom. The van der Waals surface area contributed by atoms with E-state index >= 15 is 0 Å². The molecule has 1 rings (SSSR count). The summed E-state index contributed by atoms with van der Waals surface area (Å²) in [6.07, 6.45) is 4.69. The summed E-state index contributed by atoms with van der Waals surface area (Å²) >= 11 is 3.53. The Bertz CT molecular complexity index is 415. The molecule has 17 heavy (non-hydrogen) atoms. The molecular weight excluding hydrogens is 306 g/mol. The standard InChI is InChI=1S/C10H18BrN3O2S/c1-3-8(4-2)9(11)5-14-17(15,16)10-6-12-7-13-10/h6-9,14H,3-5H2,1-2H3,(H,12,13). The number of halogens is 1. The van der Waals surface area contributed by atoms with Crippen molar-refractivity contribution in [2.24, 2.45) is 5.92 Å². The number of imidazole rings is 1. The molecule has 0 aliphatic carbocycles. The molecule has 0 bridgehead atoms. The van der Waals surface area contributed by atoms with Gasteiger partial charge in [-0.15, -0.1) is 0 Å². The molecule has 1 aromatic heterocycles. The van der Waals surface area contributed by atoms with E-state index in [1.165, 1.54) is 12.5 Å². The van der Waals surface area contributed by atoms with Crippen LogP contribution in [0.15, 0.2) is 17.6 Å². The minimum atomic E-state index is -3.46. The van der Waals surface area contributed by atoms with Gasteiger partial charge < -0.3 is 4.98 Å². The van der Waals surface area contributed by atoms with Crippen molar-refractivity contribution in [1.29, 1.82) is 0 Å². The second-order valence-electron chi connectivity index (χ2n) is 3.86. The van der Waals surface area contributed by atoms with Gasteiger partial charge in [0.25, 0.3) is 10.0 Å². The van der Waals surface area contributed by atoms with E-state index in [2.05, 4.69) is 44.5 Å². The van der Waals surface area contributed by atoms with Crippen molar-refractivity contribution in [2.45, 2.75) is 36.5 Å². The molecule has 1 heterocycles. The van der Waals surface area contributed by atoms with Gasteiger partial charge in [0.05, 0.1) is 12.5 Å². The monoisotopic (exact) mass is 323 g/mol. The molecule has 1 aromatic rings. The highest BCUT2D eigenvalue weighted by atomic mass is 79.9. The molecule has 0 saturated carbocycles. The molecule has 1 unspecified atom stereocenters. The van der Waals surface area contributed by atoms with Crippen LogP contribution in [-0.4, -0.2) is 29.8 Å². The third kappa shape index (κ3) is 4.08. The summed E-state index contributed by atoms with van der Waals surface area (Å²) in [6.45, 7) is 4.59. The summed E-state index contributed by atoms with van der Waals surface area (Å²) in [4.78, 5) is 6.43. The molecule has 0 aromatic carbocycles. The van der Waals surface area contributed by atoms with Gasteiger partial charge in [-0.1, -0.05) is 42.6 Å². The van der Waals surface area contributed by atoms with Crippen LogP contribution in [0.3, 0.4) is 0 Å². The number of aromatic nitrogens is 2. The summed E-state index contributed by atoms with van der Waals surface area (Å²) in [5.41, 5.74) is 0. The first-order chi connectivity index (χ1) is 8.01.